The molecule has 1 aromatic carbocycles. The molecule has 2 heterocycles. The minimum absolute atomic E-state index is 0.480. The largest absolute Gasteiger partial charge is 0.497 e. The predicted octanol–water partition coefficient (Wildman–Crippen LogP) is 1.92. The van der Waals surface area contributed by atoms with Gasteiger partial charge in [0.15, 0.2) is 0 Å². The number of piperidine rings is 1. The van der Waals surface area contributed by atoms with E-state index in [4.69, 9.17) is 9.47 Å². The van der Waals surface area contributed by atoms with Gasteiger partial charge in [-0.15, -0.1) is 0 Å². The Bertz CT molecular complexity index is 392. The second-order valence-electron chi connectivity index (χ2n) is 4.52. The third-order valence-corrected chi connectivity index (χ3v) is 3.62. The van der Waals surface area contributed by atoms with Crippen LogP contribution in [0.5, 0.6) is 11.5 Å². The topological polar surface area (TPSA) is 30.5 Å². The average Bonchev–Trinajstić information content (AvgIpc) is 2.38. The molecule has 0 spiro atoms. The van der Waals surface area contributed by atoms with E-state index in [2.05, 4.69) is 11.4 Å². The van der Waals surface area contributed by atoms with Gasteiger partial charge in [-0.05, 0) is 37.6 Å². The van der Waals surface area contributed by atoms with Crippen molar-refractivity contribution in [2.24, 2.45) is 0 Å². The summed E-state index contributed by atoms with van der Waals surface area (Å²) in [6, 6.07) is 6.60. The van der Waals surface area contributed by atoms with Crippen LogP contribution in [0.25, 0.3) is 0 Å². The number of fused-ring (bicyclic) bond motifs is 3. The van der Waals surface area contributed by atoms with Crippen LogP contribution in [-0.2, 0) is 0 Å². The highest BCUT2D eigenvalue weighted by atomic mass is 16.5. The fourth-order valence-corrected chi connectivity index (χ4v) is 2.75. The molecule has 0 amide bonds. The average molecular weight is 219 g/mol. The second kappa shape index (κ2) is 3.98. The third kappa shape index (κ3) is 1.55. The standard InChI is InChI=1S/C13H17NO2/c1-15-9-4-5-13-11(7-9)10-3-2-6-14-12(10)8-16-13/h4-5,7,10,12,14H,2-3,6,8H2,1H3/t10-,12-/m1/s1. The van der Waals surface area contributed by atoms with Crippen molar-refractivity contribution >= 4 is 0 Å². The molecule has 3 heteroatoms. The Balaban J connectivity index is 1.98. The lowest BCUT2D eigenvalue weighted by atomic mass is 9.83. The molecule has 2 atom stereocenters. The van der Waals surface area contributed by atoms with Crippen molar-refractivity contribution in [1.82, 2.24) is 5.32 Å². The fourth-order valence-electron chi connectivity index (χ4n) is 2.75. The normalized spacial score (nSPS) is 27.6. The van der Waals surface area contributed by atoms with Crippen LogP contribution in [0.1, 0.15) is 24.3 Å². The summed E-state index contributed by atoms with van der Waals surface area (Å²) in [6.45, 7) is 1.91. The quantitative estimate of drug-likeness (QED) is 0.782. The van der Waals surface area contributed by atoms with Gasteiger partial charge in [-0.25, -0.2) is 0 Å². The molecular weight excluding hydrogens is 202 g/mol. The molecule has 2 aliphatic rings. The first kappa shape index (κ1) is 9.97. The summed E-state index contributed by atoms with van der Waals surface area (Å²) >= 11 is 0. The van der Waals surface area contributed by atoms with E-state index in [0.29, 0.717) is 12.0 Å². The van der Waals surface area contributed by atoms with Crippen molar-refractivity contribution in [2.75, 3.05) is 20.3 Å². The Morgan fingerprint density at radius 3 is 3.25 bits per heavy atom. The van der Waals surface area contributed by atoms with Gasteiger partial charge in [-0.3, -0.25) is 0 Å². The van der Waals surface area contributed by atoms with E-state index in [1.165, 1.54) is 18.4 Å². The van der Waals surface area contributed by atoms with E-state index < -0.39 is 0 Å². The summed E-state index contributed by atoms with van der Waals surface area (Å²) in [7, 11) is 1.71. The number of hydrogen-bond donors (Lipinski definition) is 1. The summed E-state index contributed by atoms with van der Waals surface area (Å²) in [5.41, 5.74) is 1.31. The Kier molecular flexibility index (Phi) is 2.48. The molecule has 0 aromatic heterocycles. The molecule has 2 aliphatic heterocycles. The molecule has 86 valence electrons. The molecule has 0 radical (unpaired) electrons. The van der Waals surface area contributed by atoms with Crippen LogP contribution in [0.15, 0.2) is 18.2 Å². The number of benzene rings is 1. The van der Waals surface area contributed by atoms with Gasteiger partial charge in [0.25, 0.3) is 0 Å². The highest BCUT2D eigenvalue weighted by Gasteiger charge is 2.32. The molecule has 0 saturated carbocycles. The Morgan fingerprint density at radius 1 is 1.44 bits per heavy atom. The van der Waals surface area contributed by atoms with Crippen molar-refractivity contribution in [3.8, 4) is 11.5 Å². The fraction of sp³-hybridized carbons (Fsp3) is 0.538. The third-order valence-electron chi connectivity index (χ3n) is 3.62. The number of methoxy groups -OCH3 is 1. The van der Waals surface area contributed by atoms with Crippen LogP contribution < -0.4 is 14.8 Å². The zero-order valence-electron chi connectivity index (χ0n) is 9.53. The van der Waals surface area contributed by atoms with Gasteiger partial charge in [0.1, 0.15) is 18.1 Å². The van der Waals surface area contributed by atoms with E-state index in [9.17, 15) is 0 Å². The number of ether oxygens (including phenoxy) is 2. The predicted molar refractivity (Wildman–Crippen MR) is 62.3 cm³/mol. The molecule has 3 nitrogen and oxygen atoms in total. The van der Waals surface area contributed by atoms with E-state index in [1.807, 2.05) is 12.1 Å². The SMILES string of the molecule is COc1ccc2c(c1)[C@H]1CCCN[C@@H]1CO2. The summed E-state index contributed by atoms with van der Waals surface area (Å²) in [4.78, 5) is 0. The Morgan fingerprint density at radius 2 is 2.38 bits per heavy atom. The lowest BCUT2D eigenvalue weighted by molar-refractivity contribution is 0.189. The number of rotatable bonds is 1. The molecule has 0 unspecified atom stereocenters. The summed E-state index contributed by atoms with van der Waals surface area (Å²) in [5, 5.41) is 3.53. The van der Waals surface area contributed by atoms with Gasteiger partial charge >= 0.3 is 0 Å². The van der Waals surface area contributed by atoms with Crippen molar-refractivity contribution in [3.63, 3.8) is 0 Å². The first-order chi connectivity index (χ1) is 7.88. The van der Waals surface area contributed by atoms with Gasteiger partial charge in [-0.2, -0.15) is 0 Å². The van der Waals surface area contributed by atoms with Crippen LogP contribution in [0.2, 0.25) is 0 Å². The van der Waals surface area contributed by atoms with Crippen LogP contribution in [0.3, 0.4) is 0 Å². The van der Waals surface area contributed by atoms with Crippen LogP contribution >= 0.6 is 0 Å². The lowest BCUT2D eigenvalue weighted by Gasteiger charge is -2.37. The maximum absolute atomic E-state index is 5.77. The highest BCUT2D eigenvalue weighted by Crippen LogP contribution is 2.39. The van der Waals surface area contributed by atoms with Crippen LogP contribution in [-0.4, -0.2) is 26.3 Å². The number of hydrogen-bond acceptors (Lipinski definition) is 3. The van der Waals surface area contributed by atoms with Crippen LogP contribution in [0, 0.1) is 0 Å². The molecule has 1 N–H and O–H groups in total. The molecule has 1 saturated heterocycles. The van der Waals surface area contributed by atoms with Gasteiger partial charge in [0.2, 0.25) is 0 Å². The molecule has 0 bridgehead atoms. The molecule has 1 aromatic rings. The smallest absolute Gasteiger partial charge is 0.123 e. The zero-order valence-corrected chi connectivity index (χ0v) is 9.53. The van der Waals surface area contributed by atoms with E-state index in [-0.39, 0.29) is 0 Å². The monoisotopic (exact) mass is 219 g/mol. The first-order valence-electron chi connectivity index (χ1n) is 5.92. The van der Waals surface area contributed by atoms with Crippen LogP contribution in [0.4, 0.5) is 0 Å². The second-order valence-corrected chi connectivity index (χ2v) is 4.52. The van der Waals surface area contributed by atoms with Gasteiger partial charge in [0.05, 0.1) is 7.11 Å². The maximum atomic E-state index is 5.77. The van der Waals surface area contributed by atoms with Gasteiger partial charge in [-0.1, -0.05) is 0 Å². The van der Waals surface area contributed by atoms with Crippen molar-refractivity contribution < 1.29 is 9.47 Å². The molecule has 1 fully saturated rings. The molecule has 0 aliphatic carbocycles. The summed E-state index contributed by atoms with van der Waals surface area (Å²) in [6.07, 6.45) is 2.50. The maximum Gasteiger partial charge on any atom is 0.123 e. The lowest BCUT2D eigenvalue weighted by Crippen LogP contribution is -2.46. The Hall–Kier alpha value is -1.22. The van der Waals surface area contributed by atoms with Crippen molar-refractivity contribution in [3.05, 3.63) is 23.8 Å². The number of nitrogens with one attached hydrogen (secondary N) is 1. The van der Waals surface area contributed by atoms with E-state index in [0.717, 1.165) is 24.7 Å². The minimum atomic E-state index is 0.480. The zero-order chi connectivity index (χ0) is 11.0. The Labute approximate surface area is 95.8 Å². The molecule has 16 heavy (non-hydrogen) atoms. The highest BCUT2D eigenvalue weighted by molar-refractivity contribution is 5.44. The van der Waals surface area contributed by atoms with Crippen molar-refractivity contribution in [2.45, 2.75) is 24.8 Å². The molecular formula is C13H17NO2. The summed E-state index contributed by atoms with van der Waals surface area (Å²) in [5.74, 6) is 2.55. The van der Waals surface area contributed by atoms with Gasteiger partial charge in [0, 0.05) is 17.5 Å². The first-order valence-corrected chi connectivity index (χ1v) is 5.92. The minimum Gasteiger partial charge on any atom is -0.497 e. The van der Waals surface area contributed by atoms with E-state index in [1.54, 1.807) is 7.11 Å². The van der Waals surface area contributed by atoms with Crippen molar-refractivity contribution in [1.29, 1.82) is 0 Å². The van der Waals surface area contributed by atoms with Gasteiger partial charge < -0.3 is 14.8 Å². The molecule has 3 rings (SSSR count). The van der Waals surface area contributed by atoms with E-state index >= 15 is 0 Å². The summed E-state index contributed by atoms with van der Waals surface area (Å²) < 4.78 is 11.1.